The lowest BCUT2D eigenvalue weighted by Crippen LogP contribution is -2.33. The van der Waals surface area contributed by atoms with Crippen molar-refractivity contribution in [2.24, 2.45) is 5.73 Å². The van der Waals surface area contributed by atoms with Gasteiger partial charge in [0.1, 0.15) is 0 Å². The number of aryl methyl sites for hydroxylation is 1. The van der Waals surface area contributed by atoms with Gasteiger partial charge in [0.05, 0.1) is 34.7 Å². The molecule has 0 aliphatic heterocycles. The molecule has 0 bridgehead atoms. The fraction of sp³-hybridized carbons (Fsp3) is 0.385. The zero-order valence-corrected chi connectivity index (χ0v) is 20.3. The number of rotatable bonds is 8. The van der Waals surface area contributed by atoms with Crippen molar-refractivity contribution in [3.05, 3.63) is 71.8 Å². The highest BCUT2D eigenvalue weighted by molar-refractivity contribution is 7.89. The van der Waals surface area contributed by atoms with Gasteiger partial charge in [0.2, 0.25) is 10.0 Å². The monoisotopic (exact) mass is 477 g/mol. The van der Waals surface area contributed by atoms with Gasteiger partial charge in [-0.3, -0.25) is 14.9 Å². The van der Waals surface area contributed by atoms with E-state index in [0.29, 0.717) is 24.1 Å². The Morgan fingerprint density at radius 3 is 2.74 bits per heavy atom. The number of nitrogens with zero attached hydrogens (tertiary/aromatic N) is 4. The summed E-state index contributed by atoms with van der Waals surface area (Å²) in [6, 6.07) is 13.9. The second kappa shape index (κ2) is 9.44. The van der Waals surface area contributed by atoms with E-state index in [0.717, 1.165) is 60.8 Å². The second-order valence-corrected chi connectivity index (χ2v) is 11.0. The minimum absolute atomic E-state index is 0.177. The van der Waals surface area contributed by atoms with Crippen LogP contribution in [0.15, 0.2) is 54.9 Å². The van der Waals surface area contributed by atoms with Crippen molar-refractivity contribution < 1.29 is 8.42 Å². The van der Waals surface area contributed by atoms with Crippen LogP contribution >= 0.6 is 0 Å². The summed E-state index contributed by atoms with van der Waals surface area (Å²) in [5.41, 5.74) is 10.4. The Balaban J connectivity index is 1.64. The van der Waals surface area contributed by atoms with Crippen LogP contribution < -0.4 is 5.73 Å². The van der Waals surface area contributed by atoms with Crippen LogP contribution in [-0.2, 0) is 23.0 Å². The predicted molar refractivity (Wildman–Crippen MR) is 136 cm³/mol. The Labute approximate surface area is 200 Å². The lowest BCUT2D eigenvalue weighted by molar-refractivity contribution is 0.161. The van der Waals surface area contributed by atoms with E-state index in [4.69, 9.17) is 15.7 Å². The van der Waals surface area contributed by atoms with Gasteiger partial charge in [-0.2, -0.15) is 0 Å². The normalized spacial score (nSPS) is 16.4. The van der Waals surface area contributed by atoms with E-state index in [1.165, 1.54) is 15.8 Å². The van der Waals surface area contributed by atoms with Gasteiger partial charge in [0.15, 0.2) is 0 Å². The summed E-state index contributed by atoms with van der Waals surface area (Å²) in [7, 11) is -3.54. The molecule has 3 aromatic heterocycles. The molecule has 0 spiro atoms. The molecule has 3 heterocycles. The first-order valence-electron chi connectivity index (χ1n) is 11.9. The third kappa shape index (κ3) is 4.21. The maximum atomic E-state index is 12.9. The molecule has 1 atom stereocenters. The molecule has 0 saturated carbocycles. The quantitative estimate of drug-likeness (QED) is 0.385. The maximum absolute atomic E-state index is 12.9. The average molecular weight is 478 g/mol. The summed E-state index contributed by atoms with van der Waals surface area (Å²) in [5, 5.41) is 1.83. The average Bonchev–Trinajstić information content (AvgIpc) is 3.19. The fourth-order valence-corrected chi connectivity index (χ4v) is 6.39. The fourth-order valence-electron chi connectivity index (χ4n) is 5.34. The highest BCUT2D eigenvalue weighted by atomic mass is 32.2. The van der Waals surface area contributed by atoms with E-state index >= 15 is 0 Å². The van der Waals surface area contributed by atoms with E-state index in [9.17, 15) is 8.42 Å². The molecule has 1 aliphatic carbocycles. The number of fused-ring (bicyclic) bond motifs is 4. The molecule has 0 amide bonds. The molecular weight excluding hydrogens is 446 g/mol. The first kappa shape index (κ1) is 23.0. The molecular formula is C26H31N5O2S. The first-order valence-corrected chi connectivity index (χ1v) is 13.8. The zero-order valence-electron chi connectivity index (χ0n) is 19.5. The number of hydrogen-bond acceptors (Lipinski definition) is 6. The Morgan fingerprint density at radius 1 is 1.06 bits per heavy atom. The van der Waals surface area contributed by atoms with Gasteiger partial charge in [-0.1, -0.05) is 24.3 Å². The standard InChI is InChI=1S/C26H31N5O2S/c1-34(32,33)31-23-11-3-2-10-20(23)21-13-16-28-22(26(21)31)18-30(17-5-4-14-27)24-12-6-8-19-9-7-15-29-25(19)24/h2-3,7,9-11,13,15-16,24H,4-6,8,12,14,17-18,27H2,1H3/t24-/m0/s1. The predicted octanol–water partition coefficient (Wildman–Crippen LogP) is 4.01. The van der Waals surface area contributed by atoms with E-state index in [-0.39, 0.29) is 6.04 Å². The molecule has 4 aromatic rings. The highest BCUT2D eigenvalue weighted by Crippen LogP contribution is 2.36. The van der Waals surface area contributed by atoms with Crippen LogP contribution in [0.3, 0.4) is 0 Å². The molecule has 1 aliphatic rings. The Bertz CT molecular complexity index is 1430. The van der Waals surface area contributed by atoms with Gasteiger partial charge in [0, 0.05) is 29.7 Å². The van der Waals surface area contributed by atoms with Crippen molar-refractivity contribution in [1.82, 2.24) is 18.8 Å². The molecule has 0 radical (unpaired) electrons. The van der Waals surface area contributed by atoms with Crippen molar-refractivity contribution in [2.45, 2.75) is 44.7 Å². The molecule has 34 heavy (non-hydrogen) atoms. The van der Waals surface area contributed by atoms with Crippen molar-refractivity contribution in [3.8, 4) is 0 Å². The van der Waals surface area contributed by atoms with Gasteiger partial charge in [-0.05, 0) is 69.0 Å². The largest absolute Gasteiger partial charge is 0.330 e. The summed E-state index contributed by atoms with van der Waals surface area (Å²) in [4.78, 5) is 11.9. The number of benzene rings is 1. The molecule has 7 nitrogen and oxygen atoms in total. The number of pyridine rings is 2. The van der Waals surface area contributed by atoms with Crippen molar-refractivity contribution in [3.63, 3.8) is 0 Å². The minimum Gasteiger partial charge on any atom is -0.330 e. The number of unbranched alkanes of at least 4 members (excludes halogenated alkanes) is 1. The van der Waals surface area contributed by atoms with E-state index < -0.39 is 10.0 Å². The van der Waals surface area contributed by atoms with Crippen molar-refractivity contribution in [1.29, 1.82) is 0 Å². The topological polar surface area (TPSA) is 94.1 Å². The Morgan fingerprint density at radius 2 is 1.91 bits per heavy atom. The lowest BCUT2D eigenvalue weighted by atomic mass is 9.90. The third-order valence-electron chi connectivity index (χ3n) is 6.81. The van der Waals surface area contributed by atoms with Crippen LogP contribution in [0, 0.1) is 0 Å². The number of nitrogens with two attached hydrogens (primary N) is 1. The van der Waals surface area contributed by atoms with Crippen molar-refractivity contribution in [2.75, 3.05) is 19.3 Å². The highest BCUT2D eigenvalue weighted by Gasteiger charge is 2.29. The smallest absolute Gasteiger partial charge is 0.236 e. The van der Waals surface area contributed by atoms with Crippen LogP contribution in [0.2, 0.25) is 0 Å². The zero-order chi connectivity index (χ0) is 23.7. The third-order valence-corrected chi connectivity index (χ3v) is 7.85. The Kier molecular flexibility index (Phi) is 6.38. The van der Waals surface area contributed by atoms with Crippen LogP contribution in [0.4, 0.5) is 0 Å². The van der Waals surface area contributed by atoms with E-state index in [1.807, 2.05) is 42.6 Å². The van der Waals surface area contributed by atoms with Crippen LogP contribution in [0.1, 0.15) is 48.7 Å². The van der Waals surface area contributed by atoms with Gasteiger partial charge in [-0.25, -0.2) is 12.4 Å². The maximum Gasteiger partial charge on any atom is 0.236 e. The van der Waals surface area contributed by atoms with E-state index in [1.54, 1.807) is 6.20 Å². The van der Waals surface area contributed by atoms with Gasteiger partial charge >= 0.3 is 0 Å². The summed E-state index contributed by atoms with van der Waals surface area (Å²) in [5.74, 6) is 0. The summed E-state index contributed by atoms with van der Waals surface area (Å²) < 4.78 is 27.3. The van der Waals surface area contributed by atoms with Crippen molar-refractivity contribution >= 4 is 31.8 Å². The molecule has 0 fully saturated rings. The number of hydrogen-bond donors (Lipinski definition) is 1. The van der Waals surface area contributed by atoms with Crippen LogP contribution in [-0.4, -0.2) is 46.6 Å². The SMILES string of the molecule is CS(=O)(=O)n1c2ccccc2c2ccnc(CN(CCCCN)[C@H]3CCCc4cccnc43)c21. The first-order chi connectivity index (χ1) is 16.5. The molecule has 0 saturated heterocycles. The molecule has 178 valence electrons. The number of para-hydroxylation sites is 1. The number of aromatic nitrogens is 3. The van der Waals surface area contributed by atoms with Gasteiger partial charge in [-0.15, -0.1) is 0 Å². The summed E-state index contributed by atoms with van der Waals surface area (Å²) in [6.07, 6.45) is 10.0. The molecule has 0 unspecified atom stereocenters. The Hall–Kier alpha value is -2.81. The summed E-state index contributed by atoms with van der Waals surface area (Å²) >= 11 is 0. The molecule has 5 rings (SSSR count). The lowest BCUT2D eigenvalue weighted by Gasteiger charge is -2.35. The minimum atomic E-state index is -3.54. The van der Waals surface area contributed by atoms with Crippen LogP contribution in [0.5, 0.6) is 0 Å². The van der Waals surface area contributed by atoms with Gasteiger partial charge in [0.25, 0.3) is 0 Å². The molecule has 1 aromatic carbocycles. The van der Waals surface area contributed by atoms with Crippen LogP contribution in [0.25, 0.3) is 21.8 Å². The molecule has 8 heteroatoms. The molecule has 2 N–H and O–H groups in total. The second-order valence-electron chi connectivity index (χ2n) is 9.12. The van der Waals surface area contributed by atoms with Gasteiger partial charge < -0.3 is 5.73 Å². The summed E-state index contributed by atoms with van der Waals surface area (Å²) in [6.45, 7) is 2.06. The van der Waals surface area contributed by atoms with E-state index in [2.05, 4.69) is 11.0 Å².